The number of allylic oxidation sites excluding steroid dienone is 3. The van der Waals surface area contributed by atoms with Gasteiger partial charge in [-0.25, -0.2) is 0 Å². The molecule has 1 aromatic rings. The minimum Gasteiger partial charge on any atom is -0.496 e. The lowest BCUT2D eigenvalue weighted by molar-refractivity contribution is -0.321. The summed E-state index contributed by atoms with van der Waals surface area (Å²) in [5.74, 6) is 1.70. The normalized spacial score (nSPS) is 34.6. The first kappa shape index (κ1) is 25.7. The molecule has 9 heteroatoms. The first-order valence-electron chi connectivity index (χ1n) is 13.0. The highest BCUT2D eigenvalue weighted by Crippen LogP contribution is 2.53. The van der Waals surface area contributed by atoms with Crippen LogP contribution in [0.15, 0.2) is 34.9 Å². The molecule has 0 amide bonds. The number of carbonyl (C=O) groups is 1. The van der Waals surface area contributed by atoms with Gasteiger partial charge in [0, 0.05) is 11.5 Å². The van der Waals surface area contributed by atoms with Crippen molar-refractivity contribution in [3.05, 3.63) is 46.0 Å². The highest BCUT2D eigenvalue weighted by molar-refractivity contribution is 5.68. The zero-order valence-corrected chi connectivity index (χ0v) is 20.8. The van der Waals surface area contributed by atoms with E-state index in [1.807, 2.05) is 6.07 Å². The van der Waals surface area contributed by atoms with Crippen molar-refractivity contribution in [1.29, 1.82) is 5.26 Å². The molecule has 5 rings (SSSR count). The van der Waals surface area contributed by atoms with Crippen LogP contribution >= 0.6 is 0 Å². The zero-order chi connectivity index (χ0) is 26.1. The van der Waals surface area contributed by atoms with Gasteiger partial charge in [-0.05, 0) is 74.6 Å². The van der Waals surface area contributed by atoms with E-state index in [0.717, 1.165) is 37.0 Å². The molecule has 1 heterocycles. The number of hydrogen-bond acceptors (Lipinski definition) is 9. The first-order chi connectivity index (χ1) is 18.0. The van der Waals surface area contributed by atoms with E-state index in [1.54, 1.807) is 30.4 Å². The van der Waals surface area contributed by atoms with Gasteiger partial charge < -0.3 is 29.5 Å². The molecule has 2 fully saturated rings. The second kappa shape index (κ2) is 10.8. The van der Waals surface area contributed by atoms with E-state index in [1.165, 1.54) is 31.3 Å². The predicted molar refractivity (Wildman–Crippen MR) is 130 cm³/mol. The maximum atomic E-state index is 10.8. The monoisotopic (exact) mass is 511 g/mol. The van der Waals surface area contributed by atoms with E-state index in [4.69, 9.17) is 14.2 Å². The van der Waals surface area contributed by atoms with Crippen molar-refractivity contribution in [2.24, 2.45) is 11.8 Å². The fraction of sp³-hybridized carbons (Fsp3) is 0.571. The zero-order valence-electron chi connectivity index (χ0n) is 20.8. The average Bonchev–Trinajstić information content (AvgIpc) is 2.91. The van der Waals surface area contributed by atoms with Crippen LogP contribution in [0.2, 0.25) is 0 Å². The molecule has 3 N–H and O–H groups in total. The van der Waals surface area contributed by atoms with Crippen molar-refractivity contribution in [3.8, 4) is 11.8 Å². The second-order valence-electron chi connectivity index (χ2n) is 10.2. The van der Waals surface area contributed by atoms with Crippen LogP contribution in [-0.4, -0.2) is 59.8 Å². The Morgan fingerprint density at radius 1 is 1.08 bits per heavy atom. The summed E-state index contributed by atoms with van der Waals surface area (Å²) in [4.78, 5) is 10.8. The van der Waals surface area contributed by atoms with Crippen LogP contribution in [0.1, 0.15) is 62.5 Å². The van der Waals surface area contributed by atoms with Gasteiger partial charge in [0.25, 0.3) is 6.47 Å². The molecule has 0 radical (unpaired) electrons. The summed E-state index contributed by atoms with van der Waals surface area (Å²) in [6.07, 6.45) is 1.32. The lowest BCUT2D eigenvalue weighted by Gasteiger charge is -2.43. The molecule has 1 saturated heterocycles. The summed E-state index contributed by atoms with van der Waals surface area (Å²) >= 11 is 0. The Balaban J connectivity index is 1.50. The third-order valence-corrected chi connectivity index (χ3v) is 8.19. The van der Waals surface area contributed by atoms with E-state index in [9.17, 15) is 25.4 Å². The van der Waals surface area contributed by atoms with Gasteiger partial charge in [-0.3, -0.25) is 9.53 Å². The molecule has 1 aliphatic heterocycles. The van der Waals surface area contributed by atoms with E-state index >= 15 is 0 Å². The quantitative estimate of drug-likeness (QED) is 0.299. The van der Waals surface area contributed by atoms with Gasteiger partial charge in [-0.2, -0.15) is 5.26 Å². The SMILES string of the molecule is COC(=C1C2CCCC1C1=C(CCCC1)C2)c1ccc(C#N)c(O[C@@H]2OC(OC=O)[C@@H](O)[C@H](O)C2O)c1. The number of aliphatic hydroxyl groups excluding tert-OH is 3. The fourth-order valence-corrected chi connectivity index (χ4v) is 6.49. The number of nitrogens with zero attached hydrogens (tertiary/aromatic N) is 1. The van der Waals surface area contributed by atoms with Crippen LogP contribution in [0.5, 0.6) is 5.75 Å². The third kappa shape index (κ3) is 4.75. The highest BCUT2D eigenvalue weighted by Gasteiger charge is 2.46. The molecule has 1 saturated carbocycles. The highest BCUT2D eigenvalue weighted by atomic mass is 16.8. The number of nitriles is 1. The lowest BCUT2D eigenvalue weighted by Crippen LogP contribution is -2.59. The van der Waals surface area contributed by atoms with Crippen molar-refractivity contribution in [3.63, 3.8) is 0 Å². The van der Waals surface area contributed by atoms with Crippen molar-refractivity contribution in [2.75, 3.05) is 7.11 Å². The smallest absolute Gasteiger partial charge is 0.295 e. The minimum absolute atomic E-state index is 0.0714. The Hall–Kier alpha value is -2.90. The van der Waals surface area contributed by atoms with Crippen LogP contribution in [0.3, 0.4) is 0 Å². The number of aliphatic hydroxyl groups is 3. The largest absolute Gasteiger partial charge is 0.496 e. The van der Waals surface area contributed by atoms with Gasteiger partial charge in [0.2, 0.25) is 12.6 Å². The van der Waals surface area contributed by atoms with Gasteiger partial charge in [0.15, 0.2) is 0 Å². The standard InChI is InChI=1S/C28H33NO8/c1-34-26(22-16-6-4-8-20(22)19-7-3-2-5-15(19)11-16)17-9-10-18(13-29)21(12-17)36-28-25(33)23(31)24(32)27(37-28)35-14-30/h9-10,12,14,16,20,23-25,27-28,31-33H,2-8,11H2,1H3/t16?,20?,23-,24-,25?,27?,28+/m0/s1. The van der Waals surface area contributed by atoms with Gasteiger partial charge in [-0.1, -0.05) is 17.6 Å². The number of methoxy groups -OCH3 is 1. The molecule has 4 aliphatic rings. The second-order valence-corrected chi connectivity index (χ2v) is 10.2. The summed E-state index contributed by atoms with van der Waals surface area (Å²) in [6.45, 7) is 0.0714. The lowest BCUT2D eigenvalue weighted by atomic mass is 9.62. The summed E-state index contributed by atoms with van der Waals surface area (Å²) in [6, 6.07) is 7.19. The summed E-state index contributed by atoms with van der Waals surface area (Å²) in [5.41, 5.74) is 5.48. The van der Waals surface area contributed by atoms with Crippen LogP contribution in [0.4, 0.5) is 0 Å². The molecular formula is C28H33NO8. The minimum atomic E-state index is -1.69. The molecule has 4 unspecified atom stereocenters. The van der Waals surface area contributed by atoms with Crippen molar-refractivity contribution < 1.29 is 39.1 Å². The Kier molecular flexibility index (Phi) is 7.54. The van der Waals surface area contributed by atoms with Gasteiger partial charge in [0.1, 0.15) is 35.9 Å². The molecule has 9 nitrogen and oxygen atoms in total. The van der Waals surface area contributed by atoms with Crippen LogP contribution < -0.4 is 4.74 Å². The van der Waals surface area contributed by atoms with Crippen LogP contribution in [0.25, 0.3) is 5.76 Å². The molecular weight excluding hydrogens is 478 g/mol. The number of rotatable bonds is 6. The van der Waals surface area contributed by atoms with Gasteiger partial charge in [0.05, 0.1) is 12.7 Å². The molecule has 1 aromatic carbocycles. The third-order valence-electron chi connectivity index (χ3n) is 8.19. The first-order valence-corrected chi connectivity index (χ1v) is 13.0. The Labute approximate surface area is 215 Å². The average molecular weight is 512 g/mol. The number of benzene rings is 1. The summed E-state index contributed by atoms with van der Waals surface area (Å²) < 4.78 is 21.9. The van der Waals surface area contributed by atoms with Gasteiger partial charge >= 0.3 is 0 Å². The van der Waals surface area contributed by atoms with E-state index < -0.39 is 30.9 Å². The van der Waals surface area contributed by atoms with Crippen LogP contribution in [-0.2, 0) is 19.0 Å². The van der Waals surface area contributed by atoms with Gasteiger partial charge in [-0.15, -0.1) is 0 Å². The Morgan fingerprint density at radius 2 is 1.86 bits per heavy atom. The number of carbonyl (C=O) groups excluding carboxylic acids is 1. The van der Waals surface area contributed by atoms with E-state index in [2.05, 4.69) is 10.8 Å². The number of ether oxygens (including phenoxy) is 4. The van der Waals surface area contributed by atoms with Crippen LogP contribution in [0, 0.1) is 23.2 Å². The van der Waals surface area contributed by atoms with Crippen molar-refractivity contribution >= 4 is 12.2 Å². The molecule has 0 spiro atoms. The topological polar surface area (TPSA) is 138 Å². The van der Waals surface area contributed by atoms with Crippen molar-refractivity contribution in [1.82, 2.24) is 0 Å². The van der Waals surface area contributed by atoms with E-state index in [0.29, 0.717) is 11.8 Å². The summed E-state index contributed by atoms with van der Waals surface area (Å²) in [7, 11) is 1.66. The van der Waals surface area contributed by atoms with Crippen molar-refractivity contribution in [2.45, 2.75) is 82.3 Å². The fourth-order valence-electron chi connectivity index (χ4n) is 6.49. The molecule has 7 atom stereocenters. The maximum Gasteiger partial charge on any atom is 0.295 e. The Morgan fingerprint density at radius 3 is 2.62 bits per heavy atom. The predicted octanol–water partition coefficient (Wildman–Crippen LogP) is 2.92. The number of fused-ring (bicyclic) bond motifs is 3. The molecule has 198 valence electrons. The molecule has 0 aromatic heterocycles. The molecule has 3 aliphatic carbocycles. The maximum absolute atomic E-state index is 10.8. The molecule has 2 bridgehead atoms. The molecule has 37 heavy (non-hydrogen) atoms. The number of hydrogen-bond donors (Lipinski definition) is 3. The van der Waals surface area contributed by atoms with E-state index in [-0.39, 0.29) is 17.8 Å². The summed E-state index contributed by atoms with van der Waals surface area (Å²) in [5, 5.41) is 40.4. The Bertz CT molecular complexity index is 1140.